The monoisotopic (exact) mass is 371 g/mol. The van der Waals surface area contributed by atoms with Crippen LogP contribution in [0.15, 0.2) is 24.3 Å². The van der Waals surface area contributed by atoms with Crippen molar-refractivity contribution in [1.82, 2.24) is 16.2 Å². The van der Waals surface area contributed by atoms with Gasteiger partial charge in [-0.05, 0) is 37.8 Å². The number of aryl methyl sites for hydroxylation is 1. The van der Waals surface area contributed by atoms with E-state index in [1.807, 2.05) is 19.1 Å². The van der Waals surface area contributed by atoms with Crippen LogP contribution in [0.1, 0.15) is 56.0 Å². The summed E-state index contributed by atoms with van der Waals surface area (Å²) in [4.78, 5) is 49.9. The van der Waals surface area contributed by atoms with Gasteiger partial charge in [-0.15, -0.1) is 0 Å². The number of hydrazine groups is 1. The number of amides is 4. The van der Waals surface area contributed by atoms with E-state index in [9.17, 15) is 19.2 Å². The molecule has 7 heteroatoms. The van der Waals surface area contributed by atoms with Crippen molar-refractivity contribution in [2.45, 2.75) is 47.0 Å². The van der Waals surface area contributed by atoms with E-state index in [0.29, 0.717) is 24.8 Å². The number of benzene rings is 1. The van der Waals surface area contributed by atoms with Crippen molar-refractivity contribution >= 4 is 23.6 Å². The third-order valence-corrected chi connectivity index (χ3v) is 5.89. The van der Waals surface area contributed by atoms with Crippen LogP contribution in [0.5, 0.6) is 0 Å². The number of hydrogen-bond donors (Lipinski definition) is 3. The molecule has 1 aliphatic heterocycles. The lowest BCUT2D eigenvalue weighted by molar-refractivity contribution is -0.164. The molecule has 2 atom stereocenters. The lowest BCUT2D eigenvalue weighted by Gasteiger charge is -2.53. The first-order chi connectivity index (χ1) is 12.5. The van der Waals surface area contributed by atoms with E-state index in [0.717, 1.165) is 5.56 Å². The van der Waals surface area contributed by atoms with E-state index < -0.39 is 28.1 Å². The number of imide groups is 1. The van der Waals surface area contributed by atoms with Gasteiger partial charge < -0.3 is 0 Å². The second-order valence-corrected chi connectivity index (χ2v) is 8.72. The zero-order chi connectivity index (χ0) is 20.0. The number of piperidine rings is 1. The molecule has 1 aromatic carbocycles. The van der Waals surface area contributed by atoms with Gasteiger partial charge in [-0.25, -0.2) is 0 Å². The fraction of sp³-hybridized carbons (Fsp3) is 0.500. The molecular weight excluding hydrogens is 346 g/mol. The number of nitrogens with one attached hydrogen (secondary N) is 3. The summed E-state index contributed by atoms with van der Waals surface area (Å²) < 4.78 is 0. The first kappa shape index (κ1) is 19.1. The molecule has 0 radical (unpaired) electrons. The van der Waals surface area contributed by atoms with Crippen molar-refractivity contribution in [3.05, 3.63) is 35.4 Å². The van der Waals surface area contributed by atoms with Crippen LogP contribution in [0.25, 0.3) is 0 Å². The number of carbonyl (C=O) groups excluding carboxylic acids is 4. The highest BCUT2D eigenvalue weighted by molar-refractivity contribution is 6.04. The van der Waals surface area contributed by atoms with Gasteiger partial charge >= 0.3 is 0 Å². The van der Waals surface area contributed by atoms with E-state index in [-0.39, 0.29) is 11.8 Å². The first-order valence-electron chi connectivity index (χ1n) is 9.02. The van der Waals surface area contributed by atoms with Crippen LogP contribution >= 0.6 is 0 Å². The Balaban J connectivity index is 1.76. The minimum Gasteiger partial charge on any atom is -0.296 e. The molecule has 4 amide bonds. The summed E-state index contributed by atoms with van der Waals surface area (Å²) in [7, 11) is 0. The Morgan fingerprint density at radius 3 is 2.04 bits per heavy atom. The molecule has 2 unspecified atom stereocenters. The Labute approximate surface area is 158 Å². The maximum Gasteiger partial charge on any atom is 0.269 e. The van der Waals surface area contributed by atoms with E-state index >= 15 is 0 Å². The number of rotatable bonds is 2. The van der Waals surface area contributed by atoms with Crippen molar-refractivity contribution in [2.24, 2.45) is 16.2 Å². The topological polar surface area (TPSA) is 104 Å². The normalized spacial score (nSPS) is 32.4. The van der Waals surface area contributed by atoms with Gasteiger partial charge in [-0.1, -0.05) is 39.0 Å². The van der Waals surface area contributed by atoms with Crippen LogP contribution in [0, 0.1) is 23.2 Å². The van der Waals surface area contributed by atoms with Gasteiger partial charge in [-0.2, -0.15) is 0 Å². The zero-order valence-electron chi connectivity index (χ0n) is 16.1. The quantitative estimate of drug-likeness (QED) is 0.543. The summed E-state index contributed by atoms with van der Waals surface area (Å²) >= 11 is 0. The molecule has 2 aliphatic rings. The van der Waals surface area contributed by atoms with Crippen LogP contribution in [-0.4, -0.2) is 23.6 Å². The molecule has 144 valence electrons. The molecule has 1 saturated heterocycles. The van der Waals surface area contributed by atoms with Gasteiger partial charge in [0.2, 0.25) is 17.7 Å². The predicted octanol–water partition coefficient (Wildman–Crippen LogP) is 1.62. The van der Waals surface area contributed by atoms with Crippen LogP contribution in [0.4, 0.5) is 0 Å². The highest BCUT2D eigenvalue weighted by Gasteiger charge is 2.60. The molecule has 1 heterocycles. The molecular formula is C20H25N3O4. The van der Waals surface area contributed by atoms with E-state index in [2.05, 4.69) is 16.2 Å². The largest absolute Gasteiger partial charge is 0.296 e. The predicted molar refractivity (Wildman–Crippen MR) is 98.1 cm³/mol. The van der Waals surface area contributed by atoms with Crippen LogP contribution in [0.3, 0.4) is 0 Å². The van der Waals surface area contributed by atoms with E-state index in [1.54, 1.807) is 32.9 Å². The molecule has 0 aromatic heterocycles. The Morgan fingerprint density at radius 1 is 0.926 bits per heavy atom. The highest BCUT2D eigenvalue weighted by Crippen LogP contribution is 2.56. The Morgan fingerprint density at radius 2 is 1.48 bits per heavy atom. The molecule has 2 bridgehead atoms. The fourth-order valence-corrected chi connectivity index (χ4v) is 4.82. The van der Waals surface area contributed by atoms with Crippen LogP contribution < -0.4 is 16.2 Å². The van der Waals surface area contributed by atoms with Crippen LogP contribution in [0.2, 0.25) is 0 Å². The smallest absolute Gasteiger partial charge is 0.269 e. The molecule has 7 nitrogen and oxygen atoms in total. The number of carbonyl (C=O) groups is 4. The average Bonchev–Trinajstić information content (AvgIpc) is 2.57. The molecule has 1 aromatic rings. The van der Waals surface area contributed by atoms with Crippen molar-refractivity contribution in [3.8, 4) is 0 Å². The van der Waals surface area contributed by atoms with Gasteiger partial charge in [-0.3, -0.25) is 35.3 Å². The lowest BCUT2D eigenvalue weighted by atomic mass is 9.52. The van der Waals surface area contributed by atoms with Crippen molar-refractivity contribution in [2.75, 3.05) is 0 Å². The third kappa shape index (κ3) is 3.22. The maximum atomic E-state index is 12.9. The summed E-state index contributed by atoms with van der Waals surface area (Å²) in [6.07, 6.45) is 1.03. The van der Waals surface area contributed by atoms with Crippen molar-refractivity contribution in [3.63, 3.8) is 0 Å². The summed E-state index contributed by atoms with van der Waals surface area (Å²) in [6.45, 7) is 7.11. The van der Waals surface area contributed by atoms with Gasteiger partial charge in [0, 0.05) is 16.4 Å². The van der Waals surface area contributed by atoms with Gasteiger partial charge in [0.15, 0.2) is 0 Å². The molecule has 27 heavy (non-hydrogen) atoms. The molecule has 1 aliphatic carbocycles. The standard InChI is InChI=1S/C20H25N3O4/c1-12-7-5-6-8-13(12)14(24)22-23-17(27)20(4)10-18(2)9-19(3,11-20)16(26)21-15(18)25/h5-8H,9-11H2,1-4H3,(H,22,24)(H,23,27)(H,21,25,26). The summed E-state index contributed by atoms with van der Waals surface area (Å²) in [6, 6.07) is 7.07. The molecule has 1 saturated carbocycles. The summed E-state index contributed by atoms with van der Waals surface area (Å²) in [5, 5.41) is 2.44. The second-order valence-electron chi connectivity index (χ2n) is 8.72. The maximum absolute atomic E-state index is 12.9. The second kappa shape index (κ2) is 6.18. The Kier molecular flexibility index (Phi) is 4.37. The Bertz CT molecular complexity index is 821. The SMILES string of the molecule is Cc1ccccc1C(=O)NNC(=O)C1(C)CC2(C)CC(C)(C1)C(=O)NC2=O. The minimum absolute atomic E-state index is 0.306. The summed E-state index contributed by atoms with van der Waals surface area (Å²) in [5.74, 6) is -1.49. The highest BCUT2D eigenvalue weighted by atomic mass is 16.2. The fourth-order valence-electron chi connectivity index (χ4n) is 4.82. The van der Waals surface area contributed by atoms with Crippen molar-refractivity contribution < 1.29 is 19.2 Å². The first-order valence-corrected chi connectivity index (χ1v) is 9.02. The van der Waals surface area contributed by atoms with E-state index in [4.69, 9.17) is 0 Å². The van der Waals surface area contributed by atoms with Crippen LogP contribution in [-0.2, 0) is 14.4 Å². The number of fused-ring (bicyclic) bond motifs is 2. The lowest BCUT2D eigenvalue weighted by Crippen LogP contribution is -2.64. The Hall–Kier alpha value is -2.70. The minimum atomic E-state index is -0.950. The van der Waals surface area contributed by atoms with Gasteiger partial charge in [0.1, 0.15) is 0 Å². The van der Waals surface area contributed by atoms with Crippen molar-refractivity contribution in [1.29, 1.82) is 0 Å². The average molecular weight is 371 g/mol. The zero-order valence-corrected chi connectivity index (χ0v) is 16.1. The molecule has 0 spiro atoms. The molecule has 2 fully saturated rings. The van der Waals surface area contributed by atoms with Gasteiger partial charge in [0.25, 0.3) is 5.91 Å². The van der Waals surface area contributed by atoms with Gasteiger partial charge in [0.05, 0.1) is 5.41 Å². The molecule has 3 rings (SSSR count). The number of hydrogen-bond acceptors (Lipinski definition) is 4. The third-order valence-electron chi connectivity index (χ3n) is 5.89. The van der Waals surface area contributed by atoms with E-state index in [1.165, 1.54) is 0 Å². The molecule has 3 N–H and O–H groups in total. The summed E-state index contributed by atoms with van der Waals surface area (Å²) in [5.41, 5.74) is 3.66.